The molecular formula is C24H34N4O2S2. The first-order valence-corrected chi connectivity index (χ1v) is 14.1. The highest BCUT2D eigenvalue weighted by Gasteiger charge is 2.46. The summed E-state index contributed by atoms with van der Waals surface area (Å²) in [6.45, 7) is 3.35. The largest absolute Gasteiger partial charge is 0.326 e. The van der Waals surface area contributed by atoms with Gasteiger partial charge in [-0.3, -0.25) is 14.6 Å². The monoisotopic (exact) mass is 474 g/mol. The van der Waals surface area contributed by atoms with E-state index in [1.807, 2.05) is 33.9 Å². The third kappa shape index (κ3) is 6.08. The van der Waals surface area contributed by atoms with Crippen molar-refractivity contribution in [3.05, 3.63) is 29.8 Å². The molecule has 2 aliphatic heterocycles. The van der Waals surface area contributed by atoms with Crippen LogP contribution < -0.4 is 10.6 Å². The van der Waals surface area contributed by atoms with E-state index in [0.717, 1.165) is 56.0 Å². The maximum Gasteiger partial charge on any atom is 0.253 e. The van der Waals surface area contributed by atoms with Gasteiger partial charge in [0, 0.05) is 37.4 Å². The summed E-state index contributed by atoms with van der Waals surface area (Å²) in [6, 6.07) is 8.08. The van der Waals surface area contributed by atoms with E-state index in [1.165, 1.54) is 44.6 Å². The number of hydrogen-bond donors (Lipinski definition) is 2. The predicted molar refractivity (Wildman–Crippen MR) is 135 cm³/mol. The van der Waals surface area contributed by atoms with Gasteiger partial charge in [-0.15, -0.1) is 0 Å². The van der Waals surface area contributed by atoms with Crippen molar-refractivity contribution in [2.75, 3.05) is 24.2 Å². The van der Waals surface area contributed by atoms with Crippen molar-refractivity contribution >= 4 is 45.1 Å². The molecule has 1 aliphatic carbocycles. The van der Waals surface area contributed by atoms with Crippen LogP contribution in [0.5, 0.6) is 0 Å². The molecule has 1 aromatic rings. The maximum absolute atomic E-state index is 12.7. The summed E-state index contributed by atoms with van der Waals surface area (Å²) in [5.41, 5.74) is 1.61. The molecule has 6 nitrogen and oxygen atoms in total. The smallest absolute Gasteiger partial charge is 0.253 e. The number of carbonyl (C=O) groups is 2. The number of rotatable bonds is 8. The van der Waals surface area contributed by atoms with Crippen LogP contribution in [0.2, 0.25) is 0 Å². The van der Waals surface area contributed by atoms with Crippen LogP contribution in [-0.2, 0) is 16.0 Å². The Balaban J connectivity index is 1.16. The van der Waals surface area contributed by atoms with Gasteiger partial charge in [-0.1, -0.05) is 42.2 Å². The van der Waals surface area contributed by atoms with Crippen LogP contribution in [0.1, 0.15) is 63.9 Å². The Hall–Kier alpha value is -1.51. The molecule has 0 radical (unpaired) electrons. The van der Waals surface area contributed by atoms with Gasteiger partial charge in [0.05, 0.1) is 0 Å². The van der Waals surface area contributed by atoms with Gasteiger partial charge in [-0.2, -0.15) is 0 Å². The number of nitrogens with one attached hydrogen (secondary N) is 2. The summed E-state index contributed by atoms with van der Waals surface area (Å²) in [5.74, 6) is 2.61. The van der Waals surface area contributed by atoms with Crippen molar-refractivity contribution in [2.45, 2.75) is 70.3 Å². The minimum atomic E-state index is -0.507. The first-order chi connectivity index (χ1) is 15.5. The van der Waals surface area contributed by atoms with Crippen molar-refractivity contribution in [3.63, 3.8) is 0 Å². The predicted octanol–water partition coefficient (Wildman–Crippen LogP) is 4.82. The zero-order chi connectivity index (χ0) is 22.4. The highest BCUT2D eigenvalue weighted by Crippen LogP contribution is 2.38. The zero-order valence-electron chi connectivity index (χ0n) is 18.9. The van der Waals surface area contributed by atoms with E-state index in [4.69, 9.17) is 4.99 Å². The average Bonchev–Trinajstić information content (AvgIpc) is 3.11. The fraction of sp³-hybridized carbons (Fsp3) is 0.625. The molecule has 0 aromatic heterocycles. The van der Waals surface area contributed by atoms with Gasteiger partial charge in [0.2, 0.25) is 5.91 Å². The second kappa shape index (κ2) is 11.1. The van der Waals surface area contributed by atoms with Crippen LogP contribution in [0.4, 0.5) is 5.69 Å². The summed E-state index contributed by atoms with van der Waals surface area (Å²) >= 11 is 0. The molecule has 0 bridgehead atoms. The number of benzene rings is 1. The molecule has 2 amide bonds. The van der Waals surface area contributed by atoms with E-state index in [-0.39, 0.29) is 11.8 Å². The van der Waals surface area contributed by atoms with Crippen molar-refractivity contribution in [1.29, 1.82) is 0 Å². The van der Waals surface area contributed by atoms with Gasteiger partial charge in [-0.05, 0) is 67.2 Å². The number of carbonyl (C=O) groups excluding carboxylic acids is 2. The number of piperidine rings is 1. The number of amidine groups is 1. The number of hydrogen-bond acceptors (Lipinski definition) is 6. The molecule has 2 heterocycles. The van der Waals surface area contributed by atoms with Gasteiger partial charge in [-0.25, -0.2) is 4.31 Å². The molecule has 2 N–H and O–H groups in total. The van der Waals surface area contributed by atoms with E-state index in [9.17, 15) is 9.59 Å². The molecule has 32 heavy (non-hydrogen) atoms. The quantitative estimate of drug-likeness (QED) is 0.321. The molecule has 2 fully saturated rings. The molecule has 4 rings (SSSR count). The van der Waals surface area contributed by atoms with Gasteiger partial charge in [0.25, 0.3) is 5.91 Å². The van der Waals surface area contributed by atoms with Crippen molar-refractivity contribution in [1.82, 2.24) is 9.62 Å². The maximum atomic E-state index is 12.7. The number of aliphatic imine (C=N–C) groups is 1. The van der Waals surface area contributed by atoms with E-state index in [0.29, 0.717) is 5.92 Å². The molecule has 1 aromatic carbocycles. The summed E-state index contributed by atoms with van der Waals surface area (Å²) in [4.78, 5) is 28.9. The number of aryl methyl sites for hydroxylation is 1. The normalized spacial score (nSPS) is 21.4. The minimum Gasteiger partial charge on any atom is -0.326 e. The highest BCUT2D eigenvalue weighted by atomic mass is 33.1. The Labute approximate surface area is 199 Å². The van der Waals surface area contributed by atoms with Crippen LogP contribution in [-0.4, -0.2) is 46.3 Å². The number of anilines is 1. The minimum absolute atomic E-state index is 0.0385. The summed E-state index contributed by atoms with van der Waals surface area (Å²) < 4.78 is 2.38. The Bertz CT molecular complexity index is 846. The van der Waals surface area contributed by atoms with Crippen LogP contribution in [0.25, 0.3) is 0 Å². The standard InChI is InChI=1S/C24H34N4O2S2/c1-18(29)25-21-11-5-7-19(17-21)8-6-16-31-32-28-14-12-24(13-15-28)23(30)26-22(27-24)20-9-3-2-4-10-20/h5,7,11,17,20H,2-4,6,8-10,12-16H2,1H3,(H,25,29)(H,26,27,30). The van der Waals surface area contributed by atoms with E-state index >= 15 is 0 Å². The third-order valence-electron chi connectivity index (χ3n) is 6.64. The number of amides is 2. The molecule has 1 saturated carbocycles. The van der Waals surface area contributed by atoms with Crippen molar-refractivity contribution < 1.29 is 9.59 Å². The Kier molecular flexibility index (Phi) is 8.18. The molecule has 0 unspecified atom stereocenters. The lowest BCUT2D eigenvalue weighted by Crippen LogP contribution is -2.47. The summed E-state index contributed by atoms with van der Waals surface area (Å²) in [5, 5.41) is 5.99. The third-order valence-corrected chi connectivity index (χ3v) is 9.22. The van der Waals surface area contributed by atoms with Gasteiger partial charge in [0.15, 0.2) is 0 Å². The van der Waals surface area contributed by atoms with Gasteiger partial charge in [0.1, 0.15) is 11.4 Å². The average molecular weight is 475 g/mol. The lowest BCUT2D eigenvalue weighted by Gasteiger charge is -2.34. The molecule has 8 heteroatoms. The summed E-state index contributed by atoms with van der Waals surface area (Å²) in [6.07, 6.45) is 9.91. The van der Waals surface area contributed by atoms with Gasteiger partial charge >= 0.3 is 0 Å². The second-order valence-corrected chi connectivity index (χ2v) is 11.6. The van der Waals surface area contributed by atoms with Crippen molar-refractivity contribution in [2.24, 2.45) is 10.9 Å². The van der Waals surface area contributed by atoms with Gasteiger partial charge < -0.3 is 10.6 Å². The molecule has 0 atom stereocenters. The summed E-state index contributed by atoms with van der Waals surface area (Å²) in [7, 11) is 3.71. The van der Waals surface area contributed by atoms with Crippen LogP contribution >= 0.6 is 21.8 Å². The first-order valence-electron chi connectivity index (χ1n) is 11.9. The first kappa shape index (κ1) is 23.6. The van der Waals surface area contributed by atoms with Crippen LogP contribution in [0.15, 0.2) is 29.3 Å². The molecule has 1 spiro atoms. The zero-order valence-corrected chi connectivity index (χ0v) is 20.5. The van der Waals surface area contributed by atoms with E-state index in [2.05, 4.69) is 27.1 Å². The lowest BCUT2D eigenvalue weighted by molar-refractivity contribution is -0.125. The topological polar surface area (TPSA) is 73.8 Å². The molecule has 3 aliphatic rings. The second-order valence-electron chi connectivity index (χ2n) is 9.13. The fourth-order valence-corrected chi connectivity index (χ4v) is 7.12. The number of nitrogens with zero attached hydrogens (tertiary/aromatic N) is 2. The van der Waals surface area contributed by atoms with E-state index < -0.39 is 5.54 Å². The lowest BCUT2D eigenvalue weighted by atomic mass is 9.88. The van der Waals surface area contributed by atoms with Crippen LogP contribution in [0.3, 0.4) is 0 Å². The molecular weight excluding hydrogens is 440 g/mol. The Morgan fingerprint density at radius 3 is 2.78 bits per heavy atom. The Morgan fingerprint density at radius 2 is 2.03 bits per heavy atom. The molecule has 174 valence electrons. The van der Waals surface area contributed by atoms with E-state index in [1.54, 1.807) is 0 Å². The van der Waals surface area contributed by atoms with Crippen molar-refractivity contribution in [3.8, 4) is 0 Å². The van der Waals surface area contributed by atoms with Crippen LogP contribution in [0, 0.1) is 5.92 Å². The Morgan fingerprint density at radius 1 is 1.25 bits per heavy atom. The molecule has 1 saturated heterocycles. The fourth-order valence-electron chi connectivity index (χ4n) is 4.84. The highest BCUT2D eigenvalue weighted by molar-refractivity contribution is 8.75. The SMILES string of the molecule is CC(=O)Nc1cccc(CCCSSN2CCC3(CC2)N=C(C2CCCCC2)NC3=O)c1.